The number of fused-ring (bicyclic) bond motifs is 1. The Bertz CT molecular complexity index is 591. The first kappa shape index (κ1) is 16.5. The molecule has 0 aliphatic rings. The molecule has 0 bridgehead atoms. The van der Waals surface area contributed by atoms with E-state index in [-0.39, 0.29) is 12.4 Å². The van der Waals surface area contributed by atoms with Crippen LogP contribution in [0.5, 0.6) is 0 Å². The van der Waals surface area contributed by atoms with Gasteiger partial charge in [-0.05, 0) is 37.1 Å². The lowest BCUT2D eigenvalue weighted by molar-refractivity contribution is 0.923. The highest BCUT2D eigenvalue weighted by Gasteiger charge is 2.02. The average molecular weight is 291 g/mol. The van der Waals surface area contributed by atoms with Gasteiger partial charge in [0.2, 0.25) is 0 Å². The van der Waals surface area contributed by atoms with E-state index in [0.717, 1.165) is 25.3 Å². The normalized spacial score (nSPS) is 11.2. The Morgan fingerprint density at radius 2 is 1.75 bits per heavy atom. The van der Waals surface area contributed by atoms with Crippen LogP contribution in [0.4, 0.5) is 0 Å². The summed E-state index contributed by atoms with van der Waals surface area (Å²) in [6.45, 7) is 8.06. The molecule has 0 fully saturated rings. The van der Waals surface area contributed by atoms with E-state index >= 15 is 0 Å². The fraction of sp³-hybridized carbons (Fsp3) is 0.353. The Kier molecular flexibility index (Phi) is 6.53. The number of aryl methyl sites for hydroxylation is 1. The van der Waals surface area contributed by atoms with Gasteiger partial charge in [-0.25, -0.2) is 0 Å². The van der Waals surface area contributed by atoms with Gasteiger partial charge in [-0.15, -0.1) is 12.4 Å². The van der Waals surface area contributed by atoms with Gasteiger partial charge in [0.1, 0.15) is 5.84 Å². The molecule has 0 saturated carbocycles. The summed E-state index contributed by atoms with van der Waals surface area (Å²) in [6.07, 6.45) is 0.880. The van der Waals surface area contributed by atoms with E-state index in [0.29, 0.717) is 0 Å². The number of nitrogens with one attached hydrogen (secondary N) is 1. The van der Waals surface area contributed by atoms with E-state index in [1.165, 1.54) is 21.9 Å². The van der Waals surface area contributed by atoms with E-state index < -0.39 is 0 Å². The molecule has 0 aromatic heterocycles. The largest absolute Gasteiger partial charge is 0.374 e. The number of aliphatic imine (C=N–C) groups is 1. The molecule has 0 aliphatic carbocycles. The van der Waals surface area contributed by atoms with Crippen LogP contribution in [0, 0.1) is 6.92 Å². The van der Waals surface area contributed by atoms with Gasteiger partial charge in [-0.2, -0.15) is 0 Å². The molecule has 1 N–H and O–H groups in total. The maximum absolute atomic E-state index is 4.51. The third kappa shape index (κ3) is 4.24. The fourth-order valence-electron chi connectivity index (χ4n) is 2.29. The number of rotatable bonds is 4. The van der Waals surface area contributed by atoms with Crippen molar-refractivity contribution in [3.05, 3.63) is 47.5 Å². The Morgan fingerprint density at radius 3 is 2.45 bits per heavy atom. The van der Waals surface area contributed by atoms with Gasteiger partial charge in [0, 0.05) is 19.5 Å². The highest BCUT2D eigenvalue weighted by Crippen LogP contribution is 2.18. The van der Waals surface area contributed by atoms with E-state index in [1.807, 2.05) is 0 Å². The van der Waals surface area contributed by atoms with E-state index in [1.54, 1.807) is 0 Å². The molecular weight excluding hydrogens is 268 g/mol. The number of halogens is 1. The van der Waals surface area contributed by atoms with Crippen LogP contribution in [0.2, 0.25) is 0 Å². The van der Waals surface area contributed by atoms with E-state index in [9.17, 15) is 0 Å². The lowest BCUT2D eigenvalue weighted by Gasteiger charge is -2.09. The summed E-state index contributed by atoms with van der Waals surface area (Å²) in [4.78, 5) is 4.51. The molecule has 0 radical (unpaired) electrons. The number of likely N-dealkylation sites (N-methyl/N-ethyl adjacent to an activating group) is 1. The molecule has 20 heavy (non-hydrogen) atoms. The minimum absolute atomic E-state index is 0. The number of benzene rings is 2. The van der Waals surface area contributed by atoms with Crippen molar-refractivity contribution in [3.63, 3.8) is 0 Å². The highest BCUT2D eigenvalue weighted by atomic mass is 35.5. The highest BCUT2D eigenvalue weighted by molar-refractivity contribution is 5.88. The second-order valence-corrected chi connectivity index (χ2v) is 4.81. The van der Waals surface area contributed by atoms with Crippen LogP contribution in [-0.2, 0) is 6.42 Å². The number of amidine groups is 1. The Hall–Kier alpha value is -1.54. The molecule has 0 saturated heterocycles. The van der Waals surface area contributed by atoms with Crippen LogP contribution in [0.15, 0.2) is 41.4 Å². The zero-order valence-electron chi connectivity index (χ0n) is 12.4. The third-order valence-corrected chi connectivity index (χ3v) is 3.16. The van der Waals surface area contributed by atoms with Gasteiger partial charge in [0.25, 0.3) is 0 Å². The second-order valence-electron chi connectivity index (χ2n) is 4.81. The molecule has 0 amide bonds. The molecule has 0 aliphatic heterocycles. The van der Waals surface area contributed by atoms with Crippen LogP contribution in [0.3, 0.4) is 0 Å². The Balaban J connectivity index is 0.00000200. The van der Waals surface area contributed by atoms with Crippen molar-refractivity contribution >= 4 is 29.0 Å². The molecule has 2 nitrogen and oxygen atoms in total. The zero-order valence-corrected chi connectivity index (χ0v) is 13.3. The number of hydrogen-bond donors (Lipinski definition) is 1. The molecule has 3 heteroatoms. The van der Waals surface area contributed by atoms with Crippen molar-refractivity contribution in [2.45, 2.75) is 27.2 Å². The second kappa shape index (κ2) is 7.91. The van der Waals surface area contributed by atoms with Crippen LogP contribution < -0.4 is 5.32 Å². The first-order valence-electron chi connectivity index (χ1n) is 6.99. The predicted octanol–water partition coefficient (Wildman–Crippen LogP) is 4.14. The van der Waals surface area contributed by atoms with E-state index in [2.05, 4.69) is 67.5 Å². The molecule has 108 valence electrons. The average Bonchev–Trinajstić information content (AvgIpc) is 2.39. The van der Waals surface area contributed by atoms with Gasteiger partial charge in [0.15, 0.2) is 0 Å². The van der Waals surface area contributed by atoms with Gasteiger partial charge < -0.3 is 5.32 Å². The van der Waals surface area contributed by atoms with Gasteiger partial charge >= 0.3 is 0 Å². The summed E-state index contributed by atoms with van der Waals surface area (Å²) in [7, 11) is 0. The van der Waals surface area contributed by atoms with Crippen LogP contribution in [0.25, 0.3) is 10.8 Å². The van der Waals surface area contributed by atoms with Crippen molar-refractivity contribution in [2.75, 3.05) is 13.1 Å². The predicted molar refractivity (Wildman–Crippen MR) is 91.3 cm³/mol. The number of nitrogens with zero attached hydrogens (tertiary/aromatic N) is 1. The maximum Gasteiger partial charge on any atom is 0.101 e. The molecule has 0 unspecified atom stereocenters. The molecular formula is C17H23ClN2. The summed E-state index contributed by atoms with van der Waals surface area (Å²) in [6, 6.07) is 13.2. The molecule has 0 atom stereocenters. The smallest absolute Gasteiger partial charge is 0.101 e. The van der Waals surface area contributed by atoms with Gasteiger partial charge in [-0.1, -0.05) is 42.0 Å². The van der Waals surface area contributed by atoms with Crippen LogP contribution >= 0.6 is 12.4 Å². The fourth-order valence-corrected chi connectivity index (χ4v) is 2.29. The Labute approximate surface area is 127 Å². The van der Waals surface area contributed by atoms with Crippen LogP contribution in [-0.4, -0.2) is 18.9 Å². The van der Waals surface area contributed by atoms with E-state index in [4.69, 9.17) is 0 Å². The minimum Gasteiger partial charge on any atom is -0.374 e. The number of hydrogen-bond acceptors (Lipinski definition) is 1. The lowest BCUT2D eigenvalue weighted by Crippen LogP contribution is -2.25. The summed E-state index contributed by atoms with van der Waals surface area (Å²) < 4.78 is 0. The molecule has 0 spiro atoms. The molecule has 2 aromatic rings. The quantitative estimate of drug-likeness (QED) is 0.664. The summed E-state index contributed by atoms with van der Waals surface area (Å²) in [5.41, 5.74) is 2.62. The van der Waals surface area contributed by atoms with Gasteiger partial charge in [-0.3, -0.25) is 4.99 Å². The summed E-state index contributed by atoms with van der Waals surface area (Å²) in [5, 5.41) is 5.95. The lowest BCUT2D eigenvalue weighted by atomic mass is 10.0. The van der Waals surface area contributed by atoms with Crippen molar-refractivity contribution in [3.8, 4) is 0 Å². The van der Waals surface area contributed by atoms with Crippen molar-refractivity contribution in [1.29, 1.82) is 0 Å². The molecule has 2 rings (SSSR count). The zero-order chi connectivity index (χ0) is 13.7. The minimum atomic E-state index is 0. The molecule has 2 aromatic carbocycles. The summed E-state index contributed by atoms with van der Waals surface area (Å²) >= 11 is 0. The summed E-state index contributed by atoms with van der Waals surface area (Å²) in [5.74, 6) is 1.08. The van der Waals surface area contributed by atoms with Crippen molar-refractivity contribution in [2.24, 2.45) is 4.99 Å². The first-order chi connectivity index (χ1) is 9.22. The topological polar surface area (TPSA) is 24.4 Å². The van der Waals surface area contributed by atoms with Crippen LogP contribution in [0.1, 0.15) is 25.0 Å². The Morgan fingerprint density at radius 1 is 1.05 bits per heavy atom. The monoisotopic (exact) mass is 290 g/mol. The first-order valence-corrected chi connectivity index (χ1v) is 6.99. The van der Waals surface area contributed by atoms with Gasteiger partial charge in [0.05, 0.1) is 0 Å². The third-order valence-electron chi connectivity index (χ3n) is 3.16. The maximum atomic E-state index is 4.51. The molecule has 0 heterocycles. The van der Waals surface area contributed by atoms with Crippen molar-refractivity contribution < 1.29 is 0 Å². The van der Waals surface area contributed by atoms with Crippen molar-refractivity contribution in [1.82, 2.24) is 5.32 Å². The standard InChI is InChI=1S/C17H22N2.ClH/c1-4-18-17(19-5-2)12-14-7-9-15-10-13(3)6-8-16(15)11-14;/h6-11H,4-5,12H2,1-3H3,(H,18,19);1H. The SMILES string of the molecule is CCN=C(Cc1ccc2cc(C)ccc2c1)NCC.Cl.